The van der Waals surface area contributed by atoms with Crippen molar-refractivity contribution >= 4 is 15.9 Å². The van der Waals surface area contributed by atoms with Gasteiger partial charge in [-0.3, -0.25) is 4.79 Å². The maximum absolute atomic E-state index is 13.4. The second-order valence-electron chi connectivity index (χ2n) is 9.86. The monoisotopic (exact) mass is 509 g/mol. The molecule has 0 radical (unpaired) electrons. The second kappa shape index (κ2) is 9.54. The lowest BCUT2D eigenvalue weighted by Crippen LogP contribution is -2.32. The lowest BCUT2D eigenvalue weighted by Gasteiger charge is -2.32. The number of nitrogens with zero attached hydrogens (tertiary/aromatic N) is 2. The van der Waals surface area contributed by atoms with Crippen molar-refractivity contribution in [2.75, 3.05) is 7.11 Å². The third kappa shape index (κ3) is 4.93. The first-order chi connectivity index (χ1) is 16.9. The number of nitrogens with one attached hydrogen (secondary N) is 1. The van der Waals surface area contributed by atoms with Gasteiger partial charge in [0.25, 0.3) is 15.9 Å². The largest absolute Gasteiger partial charge is 0.480 e. The third-order valence-corrected chi connectivity index (χ3v) is 7.79. The summed E-state index contributed by atoms with van der Waals surface area (Å²) in [5, 5.41) is 0. The van der Waals surface area contributed by atoms with Gasteiger partial charge in [0.05, 0.1) is 12.8 Å². The first-order valence-electron chi connectivity index (χ1n) is 11.8. The van der Waals surface area contributed by atoms with E-state index in [1.54, 1.807) is 6.07 Å². The van der Waals surface area contributed by atoms with E-state index in [-0.39, 0.29) is 27.6 Å². The van der Waals surface area contributed by atoms with Gasteiger partial charge in [-0.05, 0) is 74.9 Å². The van der Waals surface area contributed by atoms with Crippen LogP contribution in [0.25, 0.3) is 0 Å². The van der Waals surface area contributed by atoms with Crippen LogP contribution in [-0.2, 0) is 21.9 Å². The highest BCUT2D eigenvalue weighted by molar-refractivity contribution is 7.90. The van der Waals surface area contributed by atoms with E-state index in [4.69, 9.17) is 14.5 Å². The highest BCUT2D eigenvalue weighted by atomic mass is 32.2. The Labute approximate surface area is 212 Å². The van der Waals surface area contributed by atoms with Gasteiger partial charge in [0.15, 0.2) is 0 Å². The molecule has 0 saturated carbocycles. The normalized spacial score (nSPS) is 14.6. The Kier molecular flexibility index (Phi) is 6.79. The van der Waals surface area contributed by atoms with Crippen molar-refractivity contribution in [2.45, 2.75) is 64.2 Å². The van der Waals surface area contributed by atoms with Crippen molar-refractivity contribution in [1.82, 2.24) is 14.7 Å². The molecule has 0 aliphatic heterocycles. The van der Waals surface area contributed by atoms with E-state index in [9.17, 15) is 13.2 Å². The number of sulfonamides is 1. The Morgan fingerprint density at radius 1 is 1.08 bits per heavy atom. The molecule has 0 atom stereocenters. The maximum atomic E-state index is 13.4. The minimum Gasteiger partial charge on any atom is -0.480 e. The molecule has 0 fully saturated rings. The van der Waals surface area contributed by atoms with E-state index in [0.29, 0.717) is 5.75 Å². The fraction of sp³-hybridized carbons (Fsp3) is 0.370. The van der Waals surface area contributed by atoms with E-state index in [1.807, 2.05) is 32.9 Å². The van der Waals surface area contributed by atoms with Crippen LogP contribution < -0.4 is 14.2 Å². The summed E-state index contributed by atoms with van der Waals surface area (Å²) in [6, 6.07) is 8.48. The number of carbonyl (C=O) groups excluding carboxylic acids is 1. The van der Waals surface area contributed by atoms with Crippen LogP contribution >= 0.6 is 0 Å². The van der Waals surface area contributed by atoms with Gasteiger partial charge in [-0.15, -0.1) is 0 Å². The Balaban J connectivity index is 1.81. The minimum absolute atomic E-state index is 0.0530. The predicted octanol–water partition coefficient (Wildman–Crippen LogP) is 4.94. The number of amides is 1. The van der Waals surface area contributed by atoms with Crippen molar-refractivity contribution < 1.29 is 22.7 Å². The fourth-order valence-electron chi connectivity index (χ4n) is 4.78. The van der Waals surface area contributed by atoms with Gasteiger partial charge in [0, 0.05) is 11.6 Å². The summed E-state index contributed by atoms with van der Waals surface area (Å²) in [5.41, 5.74) is 4.50. The molecule has 1 aliphatic rings. The lowest BCUT2D eigenvalue weighted by atomic mass is 9.75. The number of pyridine rings is 2. The molecule has 0 spiro atoms. The van der Waals surface area contributed by atoms with E-state index < -0.39 is 15.9 Å². The van der Waals surface area contributed by atoms with Gasteiger partial charge >= 0.3 is 0 Å². The highest BCUT2D eigenvalue weighted by Crippen LogP contribution is 2.39. The number of hydrogen-bond donors (Lipinski definition) is 1. The summed E-state index contributed by atoms with van der Waals surface area (Å²) in [7, 11) is -2.96. The zero-order chi connectivity index (χ0) is 26.3. The average molecular weight is 510 g/mol. The molecule has 36 heavy (non-hydrogen) atoms. The van der Waals surface area contributed by atoms with Gasteiger partial charge < -0.3 is 9.47 Å². The van der Waals surface area contributed by atoms with E-state index in [0.717, 1.165) is 47.2 Å². The van der Waals surface area contributed by atoms with Crippen LogP contribution in [0.4, 0.5) is 0 Å². The van der Waals surface area contributed by atoms with Crippen LogP contribution in [-0.4, -0.2) is 31.4 Å². The van der Waals surface area contributed by atoms with Crippen molar-refractivity contribution in [3.05, 3.63) is 70.0 Å². The van der Waals surface area contributed by atoms with Gasteiger partial charge in [-0.25, -0.2) is 23.1 Å². The number of aromatic nitrogens is 2. The van der Waals surface area contributed by atoms with Crippen LogP contribution in [0.5, 0.6) is 17.5 Å². The second-order valence-corrected chi connectivity index (χ2v) is 11.5. The van der Waals surface area contributed by atoms with Crippen molar-refractivity contribution in [3.8, 4) is 17.5 Å². The third-order valence-electron chi connectivity index (χ3n) is 6.45. The first-order valence-corrected chi connectivity index (χ1v) is 13.3. The lowest BCUT2D eigenvalue weighted by molar-refractivity contribution is 0.0978. The molecule has 2 aromatic heterocycles. The van der Waals surface area contributed by atoms with E-state index in [2.05, 4.69) is 23.6 Å². The number of carbonyl (C=O) groups is 1. The van der Waals surface area contributed by atoms with Crippen LogP contribution in [0.15, 0.2) is 41.4 Å². The number of fused-ring (bicyclic) bond motifs is 1. The summed E-state index contributed by atoms with van der Waals surface area (Å²) in [6.45, 7) is 10.1. The molecule has 1 aromatic carbocycles. The molecule has 1 aliphatic carbocycles. The van der Waals surface area contributed by atoms with Gasteiger partial charge in [-0.1, -0.05) is 31.5 Å². The van der Waals surface area contributed by atoms with Crippen molar-refractivity contribution in [2.24, 2.45) is 0 Å². The zero-order valence-electron chi connectivity index (χ0n) is 21.4. The molecular formula is C27H31N3O5S. The summed E-state index contributed by atoms with van der Waals surface area (Å²) in [4.78, 5) is 21.9. The number of ether oxygens (including phenoxy) is 2. The Bertz CT molecular complexity index is 1420. The molecule has 3 aromatic rings. The molecule has 4 rings (SSSR count). The van der Waals surface area contributed by atoms with Gasteiger partial charge in [0.2, 0.25) is 11.8 Å². The number of rotatable bonds is 6. The highest BCUT2D eigenvalue weighted by Gasteiger charge is 2.33. The number of benzene rings is 1. The van der Waals surface area contributed by atoms with E-state index in [1.165, 1.54) is 25.4 Å². The summed E-state index contributed by atoms with van der Waals surface area (Å²) < 4.78 is 39.7. The Hall–Kier alpha value is -3.46. The number of methoxy groups -OCH3 is 1. The van der Waals surface area contributed by atoms with Crippen LogP contribution in [0.2, 0.25) is 0 Å². The zero-order valence-corrected chi connectivity index (χ0v) is 22.2. The minimum atomic E-state index is -4.28. The SMILES string of the molecule is COc1ncccc1S(=O)(=O)NC(=O)c1cc2c(nc1Oc1c(C)cc(C)cc1C)C(C)(C)CCC2. The quantitative estimate of drug-likeness (QED) is 0.502. The molecule has 0 bridgehead atoms. The molecule has 1 N–H and O–H groups in total. The summed E-state index contributed by atoms with van der Waals surface area (Å²) in [6.07, 6.45) is 4.06. The van der Waals surface area contributed by atoms with Crippen LogP contribution in [0.1, 0.15) is 65.0 Å². The summed E-state index contributed by atoms with van der Waals surface area (Å²) >= 11 is 0. The van der Waals surface area contributed by atoms with E-state index >= 15 is 0 Å². The van der Waals surface area contributed by atoms with Gasteiger partial charge in [0.1, 0.15) is 16.2 Å². The molecule has 2 heterocycles. The molecule has 190 valence electrons. The maximum Gasteiger partial charge on any atom is 0.270 e. The summed E-state index contributed by atoms with van der Waals surface area (Å²) in [5.74, 6) is -0.278. The molecule has 1 amide bonds. The first kappa shape index (κ1) is 25.6. The molecule has 0 saturated heterocycles. The van der Waals surface area contributed by atoms with Crippen LogP contribution in [0.3, 0.4) is 0 Å². The Morgan fingerprint density at radius 3 is 2.44 bits per heavy atom. The molecular weight excluding hydrogens is 478 g/mol. The standard InChI is InChI=1S/C27H31N3O5S/c1-16-13-17(2)22(18(3)14-16)35-25-20(15-19-9-7-11-27(4,5)23(19)29-25)24(31)30-36(32,33)21-10-8-12-28-26(21)34-6/h8,10,12-15H,7,9,11H2,1-6H3,(H,30,31). The molecule has 9 heteroatoms. The Morgan fingerprint density at radius 2 is 1.78 bits per heavy atom. The predicted molar refractivity (Wildman–Crippen MR) is 136 cm³/mol. The van der Waals surface area contributed by atoms with Crippen LogP contribution in [0, 0.1) is 20.8 Å². The van der Waals surface area contributed by atoms with Gasteiger partial charge in [-0.2, -0.15) is 0 Å². The molecule has 8 nitrogen and oxygen atoms in total. The number of aryl methyl sites for hydroxylation is 4. The molecule has 0 unspecified atom stereocenters. The van der Waals surface area contributed by atoms with Crippen molar-refractivity contribution in [3.63, 3.8) is 0 Å². The topological polar surface area (TPSA) is 107 Å². The van der Waals surface area contributed by atoms with Crippen molar-refractivity contribution in [1.29, 1.82) is 0 Å². The number of hydrogen-bond acceptors (Lipinski definition) is 7. The fourth-order valence-corrected chi connectivity index (χ4v) is 5.87. The smallest absolute Gasteiger partial charge is 0.270 e. The average Bonchev–Trinajstić information content (AvgIpc) is 2.80.